The molecule has 2 fully saturated rings. The molecule has 1 aromatic carbocycles. The van der Waals surface area contributed by atoms with Gasteiger partial charge in [0.2, 0.25) is 0 Å². The van der Waals surface area contributed by atoms with Gasteiger partial charge in [0.15, 0.2) is 0 Å². The Morgan fingerprint density at radius 3 is 2.95 bits per heavy atom. The van der Waals surface area contributed by atoms with Crippen LogP contribution >= 0.6 is 0 Å². The Bertz CT molecular complexity index is 435. The highest BCUT2D eigenvalue weighted by Gasteiger charge is 2.32. The van der Waals surface area contributed by atoms with E-state index in [0.717, 1.165) is 11.6 Å². The summed E-state index contributed by atoms with van der Waals surface area (Å²) >= 11 is 0. The molecule has 0 spiro atoms. The van der Waals surface area contributed by atoms with E-state index in [-0.39, 0.29) is 11.9 Å². The molecule has 2 heterocycles. The third-order valence-electron chi connectivity index (χ3n) is 4.68. The molecule has 0 aromatic heterocycles. The monoisotopic (exact) mass is 262 g/mol. The molecule has 0 radical (unpaired) electrons. The van der Waals surface area contributed by atoms with Gasteiger partial charge in [0.25, 0.3) is 0 Å². The van der Waals surface area contributed by atoms with Gasteiger partial charge in [-0.3, -0.25) is 0 Å². The number of piperidine rings is 1. The van der Waals surface area contributed by atoms with E-state index in [0.29, 0.717) is 6.04 Å². The van der Waals surface area contributed by atoms with Crippen LogP contribution < -0.4 is 5.32 Å². The maximum absolute atomic E-state index is 13.8. The topological polar surface area (TPSA) is 15.3 Å². The van der Waals surface area contributed by atoms with Crippen molar-refractivity contribution in [3.8, 4) is 0 Å². The molecule has 0 bridgehead atoms. The molecule has 1 N–H and O–H groups in total. The Kier molecular flexibility index (Phi) is 3.85. The maximum atomic E-state index is 13.8. The Labute approximate surface area is 115 Å². The highest BCUT2D eigenvalue weighted by molar-refractivity contribution is 5.20. The molecule has 0 saturated carbocycles. The van der Waals surface area contributed by atoms with E-state index >= 15 is 0 Å². The number of halogens is 1. The summed E-state index contributed by atoms with van der Waals surface area (Å²) in [7, 11) is 0. The SMILES string of the molecule is CC(NC1CCN2CCCC2C1)c1ccccc1F. The van der Waals surface area contributed by atoms with Crippen molar-refractivity contribution >= 4 is 0 Å². The minimum Gasteiger partial charge on any atom is -0.307 e. The van der Waals surface area contributed by atoms with Gasteiger partial charge in [-0.15, -0.1) is 0 Å². The largest absolute Gasteiger partial charge is 0.307 e. The van der Waals surface area contributed by atoms with E-state index in [2.05, 4.69) is 17.1 Å². The molecule has 3 rings (SSSR count). The molecule has 3 atom stereocenters. The van der Waals surface area contributed by atoms with Crippen LogP contribution in [-0.4, -0.2) is 30.1 Å². The number of nitrogens with zero attached hydrogens (tertiary/aromatic N) is 1. The number of nitrogens with one attached hydrogen (secondary N) is 1. The number of rotatable bonds is 3. The summed E-state index contributed by atoms with van der Waals surface area (Å²) in [5.74, 6) is -0.0965. The van der Waals surface area contributed by atoms with Crippen molar-refractivity contribution in [2.24, 2.45) is 0 Å². The number of hydrogen-bond acceptors (Lipinski definition) is 2. The van der Waals surface area contributed by atoms with Crippen molar-refractivity contribution in [3.63, 3.8) is 0 Å². The first kappa shape index (κ1) is 13.1. The summed E-state index contributed by atoms with van der Waals surface area (Å²) in [6, 6.07) is 8.50. The fraction of sp³-hybridized carbons (Fsp3) is 0.625. The van der Waals surface area contributed by atoms with Crippen molar-refractivity contribution in [2.45, 2.75) is 50.7 Å². The van der Waals surface area contributed by atoms with Crippen LogP contribution in [0.3, 0.4) is 0 Å². The smallest absolute Gasteiger partial charge is 0.127 e. The molecule has 2 saturated heterocycles. The highest BCUT2D eigenvalue weighted by atomic mass is 19.1. The van der Waals surface area contributed by atoms with Crippen LogP contribution in [0.1, 0.15) is 44.2 Å². The first-order valence-electron chi connectivity index (χ1n) is 7.48. The van der Waals surface area contributed by atoms with Gasteiger partial charge in [0, 0.05) is 23.7 Å². The summed E-state index contributed by atoms with van der Waals surface area (Å²) in [5.41, 5.74) is 0.788. The van der Waals surface area contributed by atoms with Crippen molar-refractivity contribution in [1.29, 1.82) is 0 Å². The molecule has 3 unspecified atom stereocenters. The molecule has 2 aliphatic rings. The Balaban J connectivity index is 1.61. The van der Waals surface area contributed by atoms with Crippen LogP contribution in [0.4, 0.5) is 4.39 Å². The van der Waals surface area contributed by atoms with E-state index in [1.807, 2.05) is 12.1 Å². The van der Waals surface area contributed by atoms with Crippen LogP contribution in [0.15, 0.2) is 24.3 Å². The van der Waals surface area contributed by atoms with Crippen LogP contribution in [0.5, 0.6) is 0 Å². The Morgan fingerprint density at radius 1 is 1.26 bits per heavy atom. The lowest BCUT2D eigenvalue weighted by atomic mass is 9.96. The standard InChI is InChI=1S/C16H23FN2/c1-12(15-6-2-3-7-16(15)17)18-13-8-10-19-9-4-5-14(19)11-13/h2-3,6-7,12-14,18H,4-5,8-11H2,1H3. The van der Waals surface area contributed by atoms with Gasteiger partial charge in [0.05, 0.1) is 0 Å². The van der Waals surface area contributed by atoms with Crippen molar-refractivity contribution in [3.05, 3.63) is 35.6 Å². The summed E-state index contributed by atoms with van der Waals surface area (Å²) in [4.78, 5) is 2.62. The second-order valence-corrected chi connectivity index (χ2v) is 5.96. The zero-order chi connectivity index (χ0) is 13.2. The Hall–Kier alpha value is -0.930. The van der Waals surface area contributed by atoms with Gasteiger partial charge in [-0.05, 0) is 51.8 Å². The van der Waals surface area contributed by atoms with Crippen LogP contribution in [0.2, 0.25) is 0 Å². The predicted molar refractivity (Wildman–Crippen MR) is 75.6 cm³/mol. The number of fused-ring (bicyclic) bond motifs is 1. The quantitative estimate of drug-likeness (QED) is 0.900. The van der Waals surface area contributed by atoms with E-state index < -0.39 is 0 Å². The van der Waals surface area contributed by atoms with Crippen molar-refractivity contribution in [1.82, 2.24) is 10.2 Å². The van der Waals surface area contributed by atoms with E-state index in [9.17, 15) is 4.39 Å². The summed E-state index contributed by atoms with van der Waals surface area (Å²) in [5, 5.41) is 3.62. The fourth-order valence-corrected chi connectivity index (χ4v) is 3.65. The zero-order valence-electron chi connectivity index (χ0n) is 11.6. The van der Waals surface area contributed by atoms with E-state index in [4.69, 9.17) is 0 Å². The molecule has 104 valence electrons. The minimum absolute atomic E-state index is 0.0964. The molecule has 0 aliphatic carbocycles. The average Bonchev–Trinajstić information content (AvgIpc) is 2.86. The molecule has 2 aliphatic heterocycles. The molecule has 0 amide bonds. The van der Waals surface area contributed by atoms with E-state index in [1.54, 1.807) is 12.1 Å². The van der Waals surface area contributed by atoms with E-state index in [1.165, 1.54) is 38.8 Å². The third kappa shape index (κ3) is 2.82. The number of benzene rings is 1. The lowest BCUT2D eigenvalue weighted by molar-refractivity contribution is 0.162. The molecule has 2 nitrogen and oxygen atoms in total. The second kappa shape index (κ2) is 5.59. The van der Waals surface area contributed by atoms with Gasteiger partial charge in [0.1, 0.15) is 5.82 Å². The first-order chi connectivity index (χ1) is 9.24. The lowest BCUT2D eigenvalue weighted by Gasteiger charge is -2.36. The normalized spacial score (nSPS) is 29.2. The average molecular weight is 262 g/mol. The molecular formula is C16H23FN2. The minimum atomic E-state index is -0.0965. The van der Waals surface area contributed by atoms with Gasteiger partial charge < -0.3 is 10.2 Å². The van der Waals surface area contributed by atoms with Crippen molar-refractivity contribution in [2.75, 3.05) is 13.1 Å². The lowest BCUT2D eigenvalue weighted by Crippen LogP contribution is -2.46. The Morgan fingerprint density at radius 2 is 2.11 bits per heavy atom. The van der Waals surface area contributed by atoms with Crippen LogP contribution in [0.25, 0.3) is 0 Å². The van der Waals surface area contributed by atoms with Gasteiger partial charge in [-0.1, -0.05) is 18.2 Å². The maximum Gasteiger partial charge on any atom is 0.127 e. The summed E-state index contributed by atoms with van der Waals surface area (Å²) in [6.07, 6.45) is 5.10. The predicted octanol–water partition coefficient (Wildman–Crippen LogP) is 3.10. The van der Waals surface area contributed by atoms with Crippen LogP contribution in [-0.2, 0) is 0 Å². The zero-order valence-corrected chi connectivity index (χ0v) is 11.6. The highest BCUT2D eigenvalue weighted by Crippen LogP contribution is 2.28. The first-order valence-corrected chi connectivity index (χ1v) is 7.48. The fourth-order valence-electron chi connectivity index (χ4n) is 3.65. The van der Waals surface area contributed by atoms with Crippen molar-refractivity contribution < 1.29 is 4.39 Å². The second-order valence-electron chi connectivity index (χ2n) is 5.96. The van der Waals surface area contributed by atoms with Crippen LogP contribution in [0, 0.1) is 5.82 Å². The summed E-state index contributed by atoms with van der Waals surface area (Å²) in [6.45, 7) is 4.55. The third-order valence-corrected chi connectivity index (χ3v) is 4.68. The van der Waals surface area contributed by atoms with Gasteiger partial charge in [-0.2, -0.15) is 0 Å². The summed E-state index contributed by atoms with van der Waals surface area (Å²) < 4.78 is 13.8. The number of hydrogen-bond donors (Lipinski definition) is 1. The van der Waals surface area contributed by atoms with Gasteiger partial charge in [-0.25, -0.2) is 4.39 Å². The molecule has 3 heteroatoms. The molecule has 19 heavy (non-hydrogen) atoms. The van der Waals surface area contributed by atoms with Gasteiger partial charge >= 0.3 is 0 Å². The molecular weight excluding hydrogens is 239 g/mol. The molecule has 1 aromatic rings.